The zero-order chi connectivity index (χ0) is 16.5. The van der Waals surface area contributed by atoms with Crippen LogP contribution >= 0.6 is 0 Å². The van der Waals surface area contributed by atoms with Crippen LogP contribution in [0.5, 0.6) is 0 Å². The molecule has 2 heteroatoms. The molecule has 0 saturated carbocycles. The van der Waals surface area contributed by atoms with E-state index in [0.29, 0.717) is 5.41 Å². The third-order valence-corrected chi connectivity index (χ3v) is 5.44. The number of carbonyl (C=O) groups excluding carboxylic acids is 1. The summed E-state index contributed by atoms with van der Waals surface area (Å²) in [5.41, 5.74) is 2.45. The van der Waals surface area contributed by atoms with Crippen LogP contribution in [0.1, 0.15) is 60.8 Å². The fraction of sp³-hybridized carbons (Fsp3) is 0.550. The summed E-state index contributed by atoms with van der Waals surface area (Å²) in [5.74, 6) is 0.278. The van der Waals surface area contributed by atoms with Crippen molar-refractivity contribution in [2.45, 2.75) is 60.8 Å². The molecule has 0 unspecified atom stereocenters. The van der Waals surface area contributed by atoms with E-state index >= 15 is 0 Å². The first-order valence-electron chi connectivity index (χ1n) is 8.03. The molecule has 0 aromatic carbocycles. The molecule has 0 radical (unpaired) electrons. The van der Waals surface area contributed by atoms with Gasteiger partial charge in [0.2, 0.25) is 0 Å². The molecular formula is C20H28FeO. The van der Waals surface area contributed by atoms with Crippen molar-refractivity contribution in [3.8, 4) is 0 Å². The molecule has 0 saturated heterocycles. The Balaban J connectivity index is 2.22. The van der Waals surface area contributed by atoms with Gasteiger partial charge in [-0.1, -0.05) is 0 Å². The van der Waals surface area contributed by atoms with Gasteiger partial charge in [-0.2, -0.15) is 0 Å². The monoisotopic (exact) mass is 340 g/mol. The molecule has 1 nitrogen and oxygen atoms in total. The maximum atomic E-state index is 12.6. The van der Waals surface area contributed by atoms with Crippen molar-refractivity contribution in [1.29, 1.82) is 0 Å². The van der Waals surface area contributed by atoms with Crippen LogP contribution in [0.15, 0.2) is 44.4 Å². The van der Waals surface area contributed by atoms with Crippen molar-refractivity contribution in [1.82, 2.24) is 0 Å². The van der Waals surface area contributed by atoms with Gasteiger partial charge in [0.15, 0.2) is 0 Å². The minimum absolute atomic E-state index is 0.278. The summed E-state index contributed by atoms with van der Waals surface area (Å²) in [5, 5.41) is 0. The number of rotatable bonds is 4. The van der Waals surface area contributed by atoms with Crippen LogP contribution in [0.4, 0.5) is 0 Å². The van der Waals surface area contributed by atoms with Crippen LogP contribution in [-0.4, -0.2) is 5.78 Å². The van der Waals surface area contributed by atoms with Gasteiger partial charge >= 0.3 is 142 Å². The number of Topliss-reactive ketones (excluding diaryl/α,β-unsaturated/α-hetero) is 1. The summed E-state index contributed by atoms with van der Waals surface area (Å²) in [6.07, 6.45) is 11.8. The summed E-state index contributed by atoms with van der Waals surface area (Å²) in [6.45, 7) is 12.9. The van der Waals surface area contributed by atoms with Gasteiger partial charge in [-0.3, -0.25) is 0 Å². The Bertz CT molecular complexity index is 586. The fourth-order valence-electron chi connectivity index (χ4n) is 2.63. The van der Waals surface area contributed by atoms with Gasteiger partial charge in [0, 0.05) is 0 Å². The molecule has 0 N–H and O–H groups in total. The number of allylic oxidation sites excluding steroid dienone is 8. The summed E-state index contributed by atoms with van der Waals surface area (Å²) in [4.78, 5) is 12.6. The maximum absolute atomic E-state index is 12.6. The third kappa shape index (κ3) is 4.33. The van der Waals surface area contributed by atoms with Crippen LogP contribution in [0.2, 0.25) is 0 Å². The van der Waals surface area contributed by atoms with Crippen molar-refractivity contribution < 1.29 is 19.8 Å². The average Bonchev–Trinajstić information content (AvgIpc) is 2.96. The van der Waals surface area contributed by atoms with Gasteiger partial charge in [0.1, 0.15) is 0 Å². The first-order chi connectivity index (χ1) is 10.1. The summed E-state index contributed by atoms with van der Waals surface area (Å²) in [7, 11) is 0. The number of hydrogen-bond acceptors (Lipinski definition) is 1. The summed E-state index contributed by atoms with van der Waals surface area (Å²) < 4.78 is 2.82. The second kappa shape index (κ2) is 6.34. The molecule has 0 spiro atoms. The summed E-state index contributed by atoms with van der Waals surface area (Å²) >= 11 is 0.961. The standard InChI is InChI=1S/C10H13O.C10H15.Fe/c1-10(2,3)9(11)8-6-4-5-7-8;1-10(2,3)8-9-6-4-5-7-9;/h4,6H,5H2,1-3H3;4,6H,5,8H2,1-3H3;. The van der Waals surface area contributed by atoms with Gasteiger partial charge in [-0.15, -0.1) is 0 Å². The zero-order valence-electron chi connectivity index (χ0n) is 14.7. The van der Waals surface area contributed by atoms with Crippen LogP contribution in [-0.2, 0) is 19.8 Å². The Morgan fingerprint density at radius 2 is 1.59 bits per heavy atom. The number of ketones is 1. The van der Waals surface area contributed by atoms with Gasteiger partial charge in [0.25, 0.3) is 0 Å². The van der Waals surface area contributed by atoms with E-state index in [1.54, 1.807) is 0 Å². The van der Waals surface area contributed by atoms with E-state index in [9.17, 15) is 4.79 Å². The van der Waals surface area contributed by atoms with Crippen molar-refractivity contribution in [2.75, 3.05) is 0 Å². The Morgan fingerprint density at radius 1 is 1.00 bits per heavy atom. The average molecular weight is 340 g/mol. The zero-order valence-corrected chi connectivity index (χ0v) is 15.8. The van der Waals surface area contributed by atoms with E-state index in [-0.39, 0.29) is 11.2 Å². The van der Waals surface area contributed by atoms with E-state index < -0.39 is 0 Å². The topological polar surface area (TPSA) is 17.1 Å². The second-order valence-corrected chi connectivity index (χ2v) is 9.95. The van der Waals surface area contributed by atoms with Crippen LogP contribution < -0.4 is 0 Å². The van der Waals surface area contributed by atoms with E-state index in [2.05, 4.69) is 39.0 Å². The van der Waals surface area contributed by atoms with Crippen LogP contribution in [0.25, 0.3) is 0 Å². The van der Waals surface area contributed by atoms with E-state index in [1.165, 1.54) is 14.5 Å². The van der Waals surface area contributed by atoms with Crippen molar-refractivity contribution in [2.24, 2.45) is 10.8 Å². The van der Waals surface area contributed by atoms with Gasteiger partial charge in [0.05, 0.1) is 0 Å². The number of hydrogen-bond donors (Lipinski definition) is 0. The van der Waals surface area contributed by atoms with Gasteiger partial charge < -0.3 is 0 Å². The molecule has 0 atom stereocenters. The molecule has 0 aliphatic heterocycles. The first-order valence-corrected chi connectivity index (χ1v) is 9.14. The van der Waals surface area contributed by atoms with Crippen LogP contribution in [0, 0.1) is 10.8 Å². The van der Waals surface area contributed by atoms with E-state index in [1.807, 2.05) is 26.8 Å². The summed E-state index contributed by atoms with van der Waals surface area (Å²) in [6, 6.07) is 0. The molecule has 0 aromatic rings. The van der Waals surface area contributed by atoms with E-state index in [4.69, 9.17) is 0 Å². The Labute approximate surface area is 141 Å². The normalized spacial score (nSPS) is 19.0. The molecule has 0 fully saturated rings. The number of carbonyl (C=O) groups is 1. The molecule has 0 amide bonds. The fourth-order valence-corrected chi connectivity index (χ4v) is 4.25. The first kappa shape index (κ1) is 17.5. The van der Waals surface area contributed by atoms with Gasteiger partial charge in [-0.05, 0) is 0 Å². The molecule has 2 aliphatic rings. The predicted octanol–water partition coefficient (Wildman–Crippen LogP) is 5.55. The molecule has 0 bridgehead atoms. The van der Waals surface area contributed by atoms with Crippen molar-refractivity contribution >= 4 is 5.78 Å². The Hall–Kier alpha value is -0.851. The molecule has 0 aromatic heterocycles. The molecule has 0 heterocycles. The predicted molar refractivity (Wildman–Crippen MR) is 90.1 cm³/mol. The Morgan fingerprint density at radius 3 is 2.18 bits per heavy atom. The third-order valence-electron chi connectivity index (χ3n) is 3.67. The van der Waals surface area contributed by atoms with Gasteiger partial charge in [-0.25, -0.2) is 0 Å². The minimum atomic E-state index is -0.300. The quantitative estimate of drug-likeness (QED) is 0.613. The molecule has 22 heavy (non-hydrogen) atoms. The van der Waals surface area contributed by atoms with Crippen molar-refractivity contribution in [3.05, 3.63) is 44.4 Å². The Kier molecular flexibility index (Phi) is 5.04. The van der Waals surface area contributed by atoms with Crippen LogP contribution in [0.3, 0.4) is 0 Å². The molecule has 2 aliphatic carbocycles. The van der Waals surface area contributed by atoms with E-state index in [0.717, 1.165) is 39.8 Å². The van der Waals surface area contributed by atoms with Crippen molar-refractivity contribution in [3.63, 3.8) is 0 Å². The molecule has 2 rings (SSSR count). The molecular weight excluding hydrogens is 312 g/mol. The molecule has 122 valence electrons. The second-order valence-electron chi connectivity index (χ2n) is 8.34. The SMILES string of the molecule is CC(C)(C)CC1=[C]([Fe][C]2=C(C(=O)C(C)(C)C)C=CC2)CC=C1.